The molecule has 0 aliphatic heterocycles. The zero-order valence-corrected chi connectivity index (χ0v) is 20.2. The van der Waals surface area contributed by atoms with E-state index in [0.717, 1.165) is 31.6 Å². The van der Waals surface area contributed by atoms with Crippen molar-refractivity contribution in [2.45, 2.75) is 18.6 Å². The standard InChI is InChI=1S/C27H22Br2O2/c1-27(30-24-16-8-14-22(28)18-24,31-25-17-9-15-23(29)19-25)26(20-10-4-2-5-11-20)21-12-6-3-7-13-21/h2-19,26H,1H3. The van der Waals surface area contributed by atoms with Crippen molar-refractivity contribution in [2.24, 2.45) is 0 Å². The number of benzene rings is 4. The predicted molar refractivity (Wildman–Crippen MR) is 133 cm³/mol. The summed E-state index contributed by atoms with van der Waals surface area (Å²) in [6.07, 6.45) is 0. The summed E-state index contributed by atoms with van der Waals surface area (Å²) in [7, 11) is 0. The Morgan fingerprint density at radius 1 is 0.581 bits per heavy atom. The highest BCUT2D eigenvalue weighted by molar-refractivity contribution is 9.10. The third-order valence-corrected chi connectivity index (χ3v) is 6.01. The van der Waals surface area contributed by atoms with Gasteiger partial charge < -0.3 is 9.47 Å². The molecule has 0 fully saturated rings. The lowest BCUT2D eigenvalue weighted by molar-refractivity contribution is -0.110. The van der Waals surface area contributed by atoms with Gasteiger partial charge in [0.25, 0.3) is 5.79 Å². The van der Waals surface area contributed by atoms with Crippen LogP contribution in [0.4, 0.5) is 0 Å². The molecule has 0 unspecified atom stereocenters. The molecular weight excluding hydrogens is 516 g/mol. The molecule has 0 radical (unpaired) electrons. The second-order valence-corrected chi connectivity index (χ2v) is 9.22. The lowest BCUT2D eigenvalue weighted by Crippen LogP contribution is -2.45. The first-order chi connectivity index (χ1) is 15.0. The van der Waals surface area contributed by atoms with Gasteiger partial charge >= 0.3 is 0 Å². The molecule has 0 aliphatic rings. The second-order valence-electron chi connectivity index (χ2n) is 7.39. The Morgan fingerprint density at radius 2 is 1.00 bits per heavy atom. The quantitative estimate of drug-likeness (QED) is 0.221. The van der Waals surface area contributed by atoms with E-state index in [-0.39, 0.29) is 5.92 Å². The van der Waals surface area contributed by atoms with E-state index in [1.807, 2.05) is 91.9 Å². The van der Waals surface area contributed by atoms with Crippen LogP contribution in [0.1, 0.15) is 24.0 Å². The number of halogens is 2. The molecule has 0 N–H and O–H groups in total. The third kappa shape index (κ3) is 5.38. The Labute approximate surface area is 200 Å². The molecular formula is C27H22Br2O2. The van der Waals surface area contributed by atoms with Gasteiger partial charge in [-0.05, 0) is 47.5 Å². The van der Waals surface area contributed by atoms with Gasteiger partial charge in [-0.3, -0.25) is 0 Å². The highest BCUT2D eigenvalue weighted by Gasteiger charge is 2.41. The monoisotopic (exact) mass is 536 g/mol. The summed E-state index contributed by atoms with van der Waals surface area (Å²) >= 11 is 7.09. The molecule has 0 spiro atoms. The molecule has 0 aromatic heterocycles. The molecule has 0 heterocycles. The van der Waals surface area contributed by atoms with Crippen LogP contribution in [-0.2, 0) is 0 Å². The summed E-state index contributed by atoms with van der Waals surface area (Å²) in [5, 5.41) is 0. The maximum Gasteiger partial charge on any atom is 0.259 e. The zero-order valence-electron chi connectivity index (χ0n) is 17.0. The van der Waals surface area contributed by atoms with Gasteiger partial charge in [0.1, 0.15) is 11.5 Å². The van der Waals surface area contributed by atoms with Crippen LogP contribution >= 0.6 is 31.9 Å². The molecule has 0 atom stereocenters. The minimum atomic E-state index is -1.02. The van der Waals surface area contributed by atoms with Crippen LogP contribution in [0, 0.1) is 0 Å². The number of hydrogen-bond acceptors (Lipinski definition) is 2. The maximum atomic E-state index is 6.63. The van der Waals surface area contributed by atoms with Gasteiger partial charge in [-0.15, -0.1) is 0 Å². The van der Waals surface area contributed by atoms with Crippen molar-refractivity contribution in [3.63, 3.8) is 0 Å². The van der Waals surface area contributed by atoms with Crippen molar-refractivity contribution >= 4 is 31.9 Å². The van der Waals surface area contributed by atoms with Crippen LogP contribution < -0.4 is 9.47 Å². The van der Waals surface area contributed by atoms with Gasteiger partial charge in [0.15, 0.2) is 0 Å². The van der Waals surface area contributed by atoms with Gasteiger partial charge in [-0.1, -0.05) is 105 Å². The van der Waals surface area contributed by atoms with Crippen molar-refractivity contribution in [2.75, 3.05) is 0 Å². The Hall–Kier alpha value is -2.56. The SMILES string of the molecule is CC(Oc1cccc(Br)c1)(Oc1cccc(Br)c1)C(c1ccccc1)c1ccccc1. The summed E-state index contributed by atoms with van der Waals surface area (Å²) in [5.41, 5.74) is 2.22. The summed E-state index contributed by atoms with van der Waals surface area (Å²) in [6, 6.07) is 36.4. The van der Waals surface area contributed by atoms with Crippen molar-refractivity contribution in [3.8, 4) is 11.5 Å². The second kappa shape index (κ2) is 9.71. The smallest absolute Gasteiger partial charge is 0.259 e. The first-order valence-electron chi connectivity index (χ1n) is 10.0. The van der Waals surface area contributed by atoms with Crippen LogP contribution in [0.2, 0.25) is 0 Å². The summed E-state index contributed by atoms with van der Waals surface area (Å²) in [6.45, 7) is 2.00. The molecule has 4 heteroatoms. The highest BCUT2D eigenvalue weighted by atomic mass is 79.9. The van der Waals surface area contributed by atoms with Gasteiger partial charge in [0.05, 0.1) is 5.92 Å². The van der Waals surface area contributed by atoms with E-state index < -0.39 is 5.79 Å². The Morgan fingerprint density at radius 3 is 1.39 bits per heavy atom. The zero-order chi connectivity index (χ0) is 21.7. The number of rotatable bonds is 7. The normalized spacial score (nSPS) is 11.4. The van der Waals surface area contributed by atoms with Crippen molar-refractivity contribution in [3.05, 3.63) is 129 Å². The van der Waals surface area contributed by atoms with E-state index >= 15 is 0 Å². The summed E-state index contributed by atoms with van der Waals surface area (Å²) in [5.74, 6) is 0.255. The number of hydrogen-bond donors (Lipinski definition) is 0. The molecule has 0 amide bonds. The molecule has 156 valence electrons. The molecule has 4 aromatic carbocycles. The summed E-state index contributed by atoms with van der Waals surface area (Å²) < 4.78 is 15.2. The highest BCUT2D eigenvalue weighted by Crippen LogP contribution is 2.40. The van der Waals surface area contributed by atoms with Gasteiger partial charge in [-0.2, -0.15) is 0 Å². The van der Waals surface area contributed by atoms with Gasteiger partial charge in [0, 0.05) is 15.9 Å². The first-order valence-corrected chi connectivity index (χ1v) is 11.6. The Bertz CT molecular complexity index is 1040. The fraction of sp³-hybridized carbons (Fsp3) is 0.111. The minimum absolute atomic E-state index is 0.173. The lowest BCUT2D eigenvalue weighted by atomic mass is 9.84. The van der Waals surface area contributed by atoms with Crippen LogP contribution in [0.3, 0.4) is 0 Å². The van der Waals surface area contributed by atoms with E-state index in [0.29, 0.717) is 0 Å². The van der Waals surface area contributed by atoms with Crippen molar-refractivity contribution < 1.29 is 9.47 Å². The van der Waals surface area contributed by atoms with Gasteiger partial charge in [-0.25, -0.2) is 0 Å². The fourth-order valence-corrected chi connectivity index (χ4v) is 4.51. The van der Waals surface area contributed by atoms with E-state index in [4.69, 9.17) is 9.47 Å². The van der Waals surface area contributed by atoms with E-state index in [1.54, 1.807) is 0 Å². The molecule has 4 aromatic rings. The van der Waals surface area contributed by atoms with E-state index in [9.17, 15) is 0 Å². The van der Waals surface area contributed by atoms with Crippen molar-refractivity contribution in [1.82, 2.24) is 0 Å². The molecule has 4 rings (SSSR count). The molecule has 0 saturated carbocycles. The average molecular weight is 538 g/mol. The Balaban J connectivity index is 1.85. The third-order valence-electron chi connectivity index (χ3n) is 5.02. The lowest BCUT2D eigenvalue weighted by Gasteiger charge is -2.38. The van der Waals surface area contributed by atoms with Crippen LogP contribution in [0.5, 0.6) is 11.5 Å². The fourth-order valence-electron chi connectivity index (χ4n) is 3.76. The van der Waals surface area contributed by atoms with Crippen LogP contribution in [-0.4, -0.2) is 5.79 Å². The average Bonchev–Trinajstić information content (AvgIpc) is 2.75. The van der Waals surface area contributed by atoms with E-state index in [2.05, 4.69) is 56.1 Å². The topological polar surface area (TPSA) is 18.5 Å². The summed E-state index contributed by atoms with van der Waals surface area (Å²) in [4.78, 5) is 0. The maximum absolute atomic E-state index is 6.63. The number of ether oxygens (including phenoxy) is 2. The van der Waals surface area contributed by atoms with Crippen molar-refractivity contribution in [1.29, 1.82) is 0 Å². The van der Waals surface area contributed by atoms with Crippen LogP contribution in [0.25, 0.3) is 0 Å². The molecule has 0 aliphatic carbocycles. The Kier molecular flexibility index (Phi) is 6.79. The molecule has 0 bridgehead atoms. The largest absolute Gasteiger partial charge is 0.452 e. The molecule has 0 saturated heterocycles. The predicted octanol–water partition coefficient (Wildman–Crippen LogP) is 8.22. The van der Waals surface area contributed by atoms with Crippen LogP contribution in [0.15, 0.2) is 118 Å². The first kappa shape index (κ1) is 21.7. The molecule has 31 heavy (non-hydrogen) atoms. The van der Waals surface area contributed by atoms with E-state index in [1.165, 1.54) is 0 Å². The minimum Gasteiger partial charge on any atom is -0.452 e. The van der Waals surface area contributed by atoms with Gasteiger partial charge in [0.2, 0.25) is 0 Å². The molecule has 2 nitrogen and oxygen atoms in total.